The van der Waals surface area contributed by atoms with Crippen LogP contribution in [0.15, 0.2) is 36.4 Å². The van der Waals surface area contributed by atoms with E-state index in [9.17, 15) is 4.57 Å². The van der Waals surface area contributed by atoms with Crippen LogP contribution in [0.3, 0.4) is 0 Å². The van der Waals surface area contributed by atoms with E-state index in [-0.39, 0.29) is 0 Å². The maximum Gasteiger partial charge on any atom is 0.361 e. The SMILES string of the molecule is CCCCC/C=C(\c1ccccc1)P(=O)(OCC)OCC. The molecule has 0 heterocycles. The van der Waals surface area contributed by atoms with Crippen LogP contribution in [-0.2, 0) is 13.6 Å². The summed E-state index contributed by atoms with van der Waals surface area (Å²) < 4.78 is 24.1. The molecule has 0 aliphatic rings. The fraction of sp³-hybridized carbons (Fsp3) is 0.529. The van der Waals surface area contributed by atoms with Crippen molar-refractivity contribution >= 4 is 12.9 Å². The van der Waals surface area contributed by atoms with Crippen molar-refractivity contribution in [1.82, 2.24) is 0 Å². The van der Waals surface area contributed by atoms with Gasteiger partial charge in [0.15, 0.2) is 0 Å². The van der Waals surface area contributed by atoms with Crippen LogP contribution >= 0.6 is 7.60 Å². The molecule has 0 unspecified atom stereocenters. The van der Waals surface area contributed by atoms with E-state index in [1.807, 2.05) is 50.3 Å². The fourth-order valence-corrected chi connectivity index (χ4v) is 4.00. The highest BCUT2D eigenvalue weighted by atomic mass is 31.2. The van der Waals surface area contributed by atoms with Crippen molar-refractivity contribution in [2.24, 2.45) is 0 Å². The lowest BCUT2D eigenvalue weighted by Gasteiger charge is -2.20. The van der Waals surface area contributed by atoms with E-state index in [0.717, 1.165) is 18.4 Å². The summed E-state index contributed by atoms with van der Waals surface area (Å²) in [5.41, 5.74) is 0.916. The Kier molecular flexibility index (Phi) is 8.60. The van der Waals surface area contributed by atoms with Gasteiger partial charge in [-0.15, -0.1) is 0 Å². The van der Waals surface area contributed by atoms with Gasteiger partial charge in [0.2, 0.25) is 0 Å². The summed E-state index contributed by atoms with van der Waals surface area (Å²) in [7, 11) is -3.24. The Hall–Kier alpha value is -0.890. The molecule has 0 bridgehead atoms. The molecule has 1 aromatic rings. The highest BCUT2D eigenvalue weighted by Gasteiger charge is 2.30. The van der Waals surface area contributed by atoms with E-state index in [1.165, 1.54) is 12.8 Å². The predicted octanol–water partition coefficient (Wildman–Crippen LogP) is 5.87. The van der Waals surface area contributed by atoms with Crippen LogP contribution in [0.4, 0.5) is 0 Å². The first-order valence-corrected chi connectivity index (χ1v) is 9.37. The Morgan fingerprint density at radius 2 is 1.67 bits per heavy atom. The molecule has 1 aromatic carbocycles. The molecule has 0 N–H and O–H groups in total. The number of unbranched alkanes of at least 4 members (excludes halogenated alkanes) is 3. The molecule has 1 rings (SSSR count). The van der Waals surface area contributed by atoms with Crippen molar-refractivity contribution in [3.05, 3.63) is 42.0 Å². The Balaban J connectivity index is 3.07. The molecule has 0 atom stereocenters. The second-order valence-electron chi connectivity index (χ2n) is 4.78. The van der Waals surface area contributed by atoms with Crippen LogP contribution < -0.4 is 0 Å². The number of hydrogen-bond acceptors (Lipinski definition) is 3. The maximum atomic E-state index is 13.1. The van der Waals surface area contributed by atoms with Crippen LogP contribution in [0.25, 0.3) is 5.31 Å². The van der Waals surface area contributed by atoms with E-state index >= 15 is 0 Å². The second-order valence-corrected chi connectivity index (χ2v) is 6.78. The van der Waals surface area contributed by atoms with Gasteiger partial charge < -0.3 is 9.05 Å². The minimum absolute atomic E-state index is 0.371. The molecule has 0 aliphatic heterocycles. The standard InChI is InChI=1S/C17H27O3P/c1-4-7-8-12-15-17(16-13-10-9-11-14-16)21(18,19-5-2)20-6-3/h9-11,13-15H,4-8,12H2,1-3H3/b17-15+. The zero-order valence-electron chi connectivity index (χ0n) is 13.4. The number of hydrogen-bond donors (Lipinski definition) is 0. The molecule has 3 nitrogen and oxygen atoms in total. The van der Waals surface area contributed by atoms with Gasteiger partial charge in [0.25, 0.3) is 0 Å². The average molecular weight is 310 g/mol. The number of benzene rings is 1. The van der Waals surface area contributed by atoms with Gasteiger partial charge >= 0.3 is 7.60 Å². The van der Waals surface area contributed by atoms with Gasteiger partial charge in [-0.3, -0.25) is 4.57 Å². The molecule has 0 saturated heterocycles. The topological polar surface area (TPSA) is 35.5 Å². The highest BCUT2D eigenvalue weighted by Crippen LogP contribution is 2.60. The van der Waals surface area contributed by atoms with Crippen molar-refractivity contribution in [3.8, 4) is 0 Å². The molecule has 4 heteroatoms. The maximum absolute atomic E-state index is 13.1. The molecular weight excluding hydrogens is 283 g/mol. The molecular formula is C17H27O3P. The highest BCUT2D eigenvalue weighted by molar-refractivity contribution is 7.65. The summed E-state index contributed by atoms with van der Waals surface area (Å²) in [5, 5.41) is 0.697. The van der Waals surface area contributed by atoms with Gasteiger partial charge in [-0.2, -0.15) is 0 Å². The van der Waals surface area contributed by atoms with Gasteiger partial charge in [-0.1, -0.05) is 56.2 Å². The quantitative estimate of drug-likeness (QED) is 0.400. The fourth-order valence-electron chi connectivity index (χ4n) is 2.15. The summed E-state index contributed by atoms with van der Waals surface area (Å²) in [4.78, 5) is 0. The Morgan fingerprint density at radius 1 is 1.05 bits per heavy atom. The lowest BCUT2D eigenvalue weighted by atomic mass is 10.1. The molecule has 0 fully saturated rings. The van der Waals surface area contributed by atoms with E-state index in [0.29, 0.717) is 18.5 Å². The normalized spacial score (nSPS) is 12.6. The zero-order chi connectivity index (χ0) is 15.6. The number of allylic oxidation sites excluding steroid dienone is 1. The van der Waals surface area contributed by atoms with Crippen LogP contribution in [0.5, 0.6) is 0 Å². The summed E-state index contributed by atoms with van der Waals surface area (Å²) in [5.74, 6) is 0. The Labute approximate surface area is 128 Å². The van der Waals surface area contributed by atoms with Gasteiger partial charge in [0.05, 0.1) is 18.5 Å². The molecule has 0 radical (unpaired) electrons. The molecule has 0 saturated carbocycles. The van der Waals surface area contributed by atoms with Crippen molar-refractivity contribution < 1.29 is 13.6 Å². The predicted molar refractivity (Wildman–Crippen MR) is 89.4 cm³/mol. The average Bonchev–Trinajstić information content (AvgIpc) is 2.48. The summed E-state index contributed by atoms with van der Waals surface area (Å²) in [6.45, 7) is 6.59. The smallest absolute Gasteiger partial charge is 0.305 e. The van der Waals surface area contributed by atoms with E-state index in [2.05, 4.69) is 6.92 Å². The molecule has 0 aliphatic carbocycles. The molecule has 21 heavy (non-hydrogen) atoms. The van der Waals surface area contributed by atoms with E-state index < -0.39 is 7.60 Å². The first-order valence-electron chi connectivity index (χ1n) is 7.83. The lowest BCUT2D eigenvalue weighted by molar-refractivity contribution is 0.230. The van der Waals surface area contributed by atoms with E-state index in [4.69, 9.17) is 9.05 Å². The van der Waals surface area contributed by atoms with Gasteiger partial charge in [0, 0.05) is 0 Å². The van der Waals surface area contributed by atoms with Crippen molar-refractivity contribution in [3.63, 3.8) is 0 Å². The van der Waals surface area contributed by atoms with Gasteiger partial charge in [-0.25, -0.2) is 0 Å². The third-order valence-corrected chi connectivity index (χ3v) is 5.34. The third kappa shape index (κ3) is 5.78. The van der Waals surface area contributed by atoms with Crippen LogP contribution in [0, 0.1) is 0 Å². The van der Waals surface area contributed by atoms with E-state index in [1.54, 1.807) is 0 Å². The summed E-state index contributed by atoms with van der Waals surface area (Å²) in [6, 6.07) is 9.74. The molecule has 118 valence electrons. The van der Waals surface area contributed by atoms with Crippen LogP contribution in [0.1, 0.15) is 52.0 Å². The Bertz CT molecular complexity index is 458. The zero-order valence-corrected chi connectivity index (χ0v) is 14.3. The second kappa shape index (κ2) is 9.94. The molecule has 0 aromatic heterocycles. The minimum Gasteiger partial charge on any atom is -0.305 e. The monoisotopic (exact) mass is 310 g/mol. The summed E-state index contributed by atoms with van der Waals surface area (Å²) >= 11 is 0. The largest absolute Gasteiger partial charge is 0.361 e. The minimum atomic E-state index is -3.24. The van der Waals surface area contributed by atoms with Crippen molar-refractivity contribution in [2.45, 2.75) is 46.5 Å². The Morgan fingerprint density at radius 3 is 2.19 bits per heavy atom. The van der Waals surface area contributed by atoms with Gasteiger partial charge in [0.1, 0.15) is 0 Å². The van der Waals surface area contributed by atoms with Crippen LogP contribution in [-0.4, -0.2) is 13.2 Å². The molecule has 0 amide bonds. The first kappa shape index (κ1) is 18.2. The van der Waals surface area contributed by atoms with Gasteiger partial charge in [-0.05, 0) is 32.3 Å². The summed E-state index contributed by atoms with van der Waals surface area (Å²) in [6.07, 6.45) is 6.35. The third-order valence-electron chi connectivity index (χ3n) is 3.11. The first-order chi connectivity index (χ1) is 10.2. The van der Waals surface area contributed by atoms with Crippen molar-refractivity contribution in [1.29, 1.82) is 0 Å². The lowest BCUT2D eigenvalue weighted by Crippen LogP contribution is -1.99. The van der Waals surface area contributed by atoms with Crippen molar-refractivity contribution in [2.75, 3.05) is 13.2 Å². The van der Waals surface area contributed by atoms with Crippen LogP contribution in [0.2, 0.25) is 0 Å². The number of rotatable bonds is 10. The molecule has 0 spiro atoms.